The van der Waals surface area contributed by atoms with E-state index in [1.54, 1.807) is 22.7 Å². The summed E-state index contributed by atoms with van der Waals surface area (Å²) in [5.74, 6) is 0. The molecule has 3 aromatic rings. The molecule has 0 radical (unpaired) electrons. The first-order valence-electron chi connectivity index (χ1n) is 5.52. The Morgan fingerprint density at radius 3 is 2.67 bits per heavy atom. The second-order valence-electron chi connectivity index (χ2n) is 3.74. The van der Waals surface area contributed by atoms with Gasteiger partial charge in [0.2, 0.25) is 0 Å². The Morgan fingerprint density at radius 1 is 1.17 bits per heavy atom. The van der Waals surface area contributed by atoms with Gasteiger partial charge in [-0.15, -0.1) is 22.7 Å². The fraction of sp³-hybridized carbons (Fsp3) is 0.0769. The van der Waals surface area contributed by atoms with Gasteiger partial charge in [-0.25, -0.2) is 9.97 Å². The number of thiazole rings is 2. The second kappa shape index (κ2) is 4.97. The normalized spacial score (nSPS) is 10.7. The summed E-state index contributed by atoms with van der Waals surface area (Å²) in [6, 6.07) is 10.2. The molecule has 3 nitrogen and oxygen atoms in total. The lowest BCUT2D eigenvalue weighted by atomic mass is 10.1. The van der Waals surface area contributed by atoms with Crippen LogP contribution in [0.4, 0.5) is 0 Å². The highest BCUT2D eigenvalue weighted by Crippen LogP contribution is 2.34. The lowest BCUT2D eigenvalue weighted by Crippen LogP contribution is -1.98. The van der Waals surface area contributed by atoms with Gasteiger partial charge in [-0.2, -0.15) is 0 Å². The Hall–Kier alpha value is -1.56. The van der Waals surface area contributed by atoms with Crippen LogP contribution in [0.2, 0.25) is 0 Å². The van der Waals surface area contributed by atoms with E-state index >= 15 is 0 Å². The van der Waals surface area contributed by atoms with Crippen LogP contribution in [0.3, 0.4) is 0 Å². The van der Waals surface area contributed by atoms with Crippen LogP contribution in [-0.2, 0) is 6.54 Å². The van der Waals surface area contributed by atoms with Crippen molar-refractivity contribution >= 4 is 22.7 Å². The molecule has 2 N–H and O–H groups in total. The fourth-order valence-corrected chi connectivity index (χ4v) is 3.41. The molecule has 1 aromatic carbocycles. The molecule has 0 fully saturated rings. The molecule has 0 saturated heterocycles. The summed E-state index contributed by atoms with van der Waals surface area (Å²) in [5.41, 5.74) is 10.6. The van der Waals surface area contributed by atoms with Gasteiger partial charge >= 0.3 is 0 Å². The van der Waals surface area contributed by atoms with E-state index in [-0.39, 0.29) is 0 Å². The highest BCUT2D eigenvalue weighted by molar-refractivity contribution is 7.18. The Morgan fingerprint density at radius 2 is 2.00 bits per heavy atom. The zero-order valence-corrected chi connectivity index (χ0v) is 11.2. The van der Waals surface area contributed by atoms with Crippen LogP contribution in [0.25, 0.3) is 21.1 Å². The van der Waals surface area contributed by atoms with Crippen LogP contribution in [0.1, 0.15) is 5.69 Å². The molecule has 18 heavy (non-hydrogen) atoms. The summed E-state index contributed by atoms with van der Waals surface area (Å²) < 4.78 is 0. The van der Waals surface area contributed by atoms with Crippen molar-refractivity contribution in [2.24, 2.45) is 5.73 Å². The molecule has 0 bridgehead atoms. The average Bonchev–Trinajstić information content (AvgIpc) is 3.08. The van der Waals surface area contributed by atoms with Crippen LogP contribution in [-0.4, -0.2) is 9.97 Å². The molecule has 0 aliphatic heterocycles. The van der Waals surface area contributed by atoms with Gasteiger partial charge in [-0.1, -0.05) is 30.3 Å². The molecular formula is C13H11N3S2. The quantitative estimate of drug-likeness (QED) is 0.795. The predicted molar refractivity (Wildman–Crippen MR) is 76.5 cm³/mol. The van der Waals surface area contributed by atoms with Crippen molar-refractivity contribution in [2.75, 3.05) is 0 Å². The minimum absolute atomic E-state index is 0.449. The first-order chi connectivity index (χ1) is 8.88. The Bertz CT molecular complexity index is 630. The van der Waals surface area contributed by atoms with E-state index in [2.05, 4.69) is 22.1 Å². The molecule has 2 aromatic heterocycles. The second-order valence-corrected chi connectivity index (χ2v) is 5.46. The van der Waals surface area contributed by atoms with Gasteiger partial charge in [-0.05, 0) is 5.56 Å². The Kier molecular flexibility index (Phi) is 3.19. The van der Waals surface area contributed by atoms with Crippen LogP contribution in [0.15, 0.2) is 41.2 Å². The van der Waals surface area contributed by atoms with Crippen LogP contribution in [0.5, 0.6) is 0 Å². The van der Waals surface area contributed by atoms with Gasteiger partial charge in [0.1, 0.15) is 10.7 Å². The SMILES string of the molecule is NCc1nc(-c2cscn2)sc1-c1ccccc1. The molecule has 0 unspecified atom stereocenters. The lowest BCUT2D eigenvalue weighted by Gasteiger charge is -1.98. The topological polar surface area (TPSA) is 51.8 Å². The molecule has 3 rings (SSSR count). The zero-order chi connectivity index (χ0) is 12.4. The van der Waals surface area contributed by atoms with E-state index in [1.807, 2.05) is 29.1 Å². The smallest absolute Gasteiger partial charge is 0.143 e. The van der Waals surface area contributed by atoms with Crippen molar-refractivity contribution in [3.05, 3.63) is 46.9 Å². The van der Waals surface area contributed by atoms with Crippen molar-refractivity contribution in [3.8, 4) is 21.1 Å². The molecule has 0 aliphatic rings. The predicted octanol–water partition coefficient (Wildman–Crippen LogP) is 3.39. The van der Waals surface area contributed by atoms with Gasteiger partial charge in [0, 0.05) is 11.9 Å². The van der Waals surface area contributed by atoms with Crippen LogP contribution < -0.4 is 5.73 Å². The van der Waals surface area contributed by atoms with E-state index in [0.29, 0.717) is 6.54 Å². The number of benzene rings is 1. The number of nitrogens with two attached hydrogens (primary N) is 1. The van der Waals surface area contributed by atoms with Gasteiger partial charge < -0.3 is 5.73 Å². The van der Waals surface area contributed by atoms with Crippen molar-refractivity contribution in [1.82, 2.24) is 9.97 Å². The number of aromatic nitrogens is 2. The van der Waals surface area contributed by atoms with Crippen LogP contribution >= 0.6 is 22.7 Å². The van der Waals surface area contributed by atoms with Crippen molar-refractivity contribution < 1.29 is 0 Å². The summed E-state index contributed by atoms with van der Waals surface area (Å²) in [6.45, 7) is 0.449. The molecule has 0 spiro atoms. The Labute approximate surface area is 113 Å². The third kappa shape index (κ3) is 2.08. The molecule has 0 amide bonds. The van der Waals surface area contributed by atoms with Gasteiger partial charge in [0.05, 0.1) is 16.1 Å². The average molecular weight is 273 g/mol. The molecule has 0 atom stereocenters. The van der Waals surface area contributed by atoms with Crippen molar-refractivity contribution in [2.45, 2.75) is 6.54 Å². The number of rotatable bonds is 3. The molecule has 0 aliphatic carbocycles. The highest BCUT2D eigenvalue weighted by atomic mass is 32.1. The maximum Gasteiger partial charge on any atom is 0.143 e. The third-order valence-electron chi connectivity index (χ3n) is 2.58. The molecule has 5 heteroatoms. The monoisotopic (exact) mass is 273 g/mol. The molecule has 90 valence electrons. The minimum Gasteiger partial charge on any atom is -0.325 e. The van der Waals surface area contributed by atoms with Crippen LogP contribution in [0, 0.1) is 0 Å². The first kappa shape index (κ1) is 11.5. The fourth-order valence-electron chi connectivity index (χ4n) is 1.73. The van der Waals surface area contributed by atoms with E-state index < -0.39 is 0 Å². The van der Waals surface area contributed by atoms with E-state index in [0.717, 1.165) is 26.8 Å². The lowest BCUT2D eigenvalue weighted by molar-refractivity contribution is 1.01. The van der Waals surface area contributed by atoms with Gasteiger partial charge in [0.25, 0.3) is 0 Å². The molecule has 0 saturated carbocycles. The largest absolute Gasteiger partial charge is 0.325 e. The number of hydrogen-bond acceptors (Lipinski definition) is 5. The van der Waals surface area contributed by atoms with Gasteiger partial charge in [-0.3, -0.25) is 0 Å². The highest BCUT2D eigenvalue weighted by Gasteiger charge is 2.13. The third-order valence-corrected chi connectivity index (χ3v) is 4.33. The molecular weight excluding hydrogens is 262 g/mol. The number of hydrogen-bond donors (Lipinski definition) is 1. The van der Waals surface area contributed by atoms with E-state index in [9.17, 15) is 0 Å². The summed E-state index contributed by atoms with van der Waals surface area (Å²) in [6.07, 6.45) is 0. The standard InChI is InChI=1S/C13H11N3S2/c14-6-10-12(9-4-2-1-3-5-9)18-13(16-10)11-7-17-8-15-11/h1-5,7-8H,6,14H2. The Balaban J connectivity index is 2.10. The van der Waals surface area contributed by atoms with Crippen molar-refractivity contribution in [3.63, 3.8) is 0 Å². The summed E-state index contributed by atoms with van der Waals surface area (Å²) >= 11 is 3.23. The zero-order valence-electron chi connectivity index (χ0n) is 9.54. The first-order valence-corrected chi connectivity index (χ1v) is 7.28. The summed E-state index contributed by atoms with van der Waals surface area (Å²) in [4.78, 5) is 10.0. The summed E-state index contributed by atoms with van der Waals surface area (Å²) in [7, 11) is 0. The maximum atomic E-state index is 5.78. The minimum atomic E-state index is 0.449. The maximum absolute atomic E-state index is 5.78. The van der Waals surface area contributed by atoms with Gasteiger partial charge in [0.15, 0.2) is 0 Å². The van der Waals surface area contributed by atoms with E-state index in [1.165, 1.54) is 0 Å². The summed E-state index contributed by atoms with van der Waals surface area (Å²) in [5, 5.41) is 2.95. The van der Waals surface area contributed by atoms with E-state index in [4.69, 9.17) is 5.73 Å². The number of nitrogens with zero attached hydrogens (tertiary/aromatic N) is 2. The van der Waals surface area contributed by atoms with Crippen molar-refractivity contribution in [1.29, 1.82) is 0 Å². The molecule has 2 heterocycles.